The highest BCUT2D eigenvalue weighted by molar-refractivity contribution is 7.89. The summed E-state index contributed by atoms with van der Waals surface area (Å²) in [5.41, 5.74) is -0.827. The van der Waals surface area contributed by atoms with Crippen LogP contribution in [-0.2, 0) is 20.4 Å². The Kier molecular flexibility index (Phi) is 6.56. The van der Waals surface area contributed by atoms with Crippen molar-refractivity contribution in [2.45, 2.75) is 63.4 Å². The minimum Gasteiger partial charge on any atom is -0.490 e. The fourth-order valence-electron chi connectivity index (χ4n) is 3.99. The van der Waals surface area contributed by atoms with E-state index in [9.17, 15) is 22.7 Å². The lowest BCUT2D eigenvalue weighted by Crippen LogP contribution is -2.45. The number of allylic oxidation sites excluding steroid dienone is 1. The lowest BCUT2D eigenvalue weighted by molar-refractivity contribution is -0.124. The van der Waals surface area contributed by atoms with Gasteiger partial charge in [0.05, 0.1) is 23.4 Å². The van der Waals surface area contributed by atoms with Gasteiger partial charge in [-0.3, -0.25) is 4.79 Å². The molecule has 0 bridgehead atoms. The van der Waals surface area contributed by atoms with Crippen LogP contribution in [0.15, 0.2) is 30.4 Å². The molecule has 1 heterocycles. The topological polar surface area (TPSA) is 108 Å². The third kappa shape index (κ3) is 5.56. The van der Waals surface area contributed by atoms with E-state index in [-0.39, 0.29) is 23.8 Å². The summed E-state index contributed by atoms with van der Waals surface area (Å²) in [7, 11) is -3.57. The summed E-state index contributed by atoms with van der Waals surface area (Å²) in [5.74, 6) is -0.127. The number of ether oxygens (including phenoxy) is 1. The average molecular weight is 482 g/mol. The summed E-state index contributed by atoms with van der Waals surface area (Å²) in [4.78, 5) is 13.4. The predicted octanol–water partition coefficient (Wildman–Crippen LogP) is 1.96. The van der Waals surface area contributed by atoms with E-state index in [1.165, 1.54) is 6.07 Å². The Hall–Kier alpha value is -2.01. The Morgan fingerprint density at radius 3 is 2.64 bits per heavy atom. The Bertz CT molecular complexity index is 1030. The van der Waals surface area contributed by atoms with Crippen LogP contribution in [0.3, 0.4) is 0 Å². The van der Waals surface area contributed by atoms with Gasteiger partial charge in [-0.05, 0) is 69.6 Å². The summed E-state index contributed by atoms with van der Waals surface area (Å²) >= 11 is 0. The van der Waals surface area contributed by atoms with E-state index in [1.54, 1.807) is 43.0 Å². The normalized spacial score (nSPS) is 24.2. The summed E-state index contributed by atoms with van der Waals surface area (Å²) in [6.07, 6.45) is 6.21. The van der Waals surface area contributed by atoms with E-state index in [0.717, 1.165) is 18.4 Å². The second kappa shape index (κ2) is 8.98. The maximum atomic E-state index is 14.1. The minimum atomic E-state index is -3.57. The first kappa shape index (κ1) is 24.1. The molecule has 1 aromatic rings. The van der Waals surface area contributed by atoms with Crippen LogP contribution in [0.4, 0.5) is 4.39 Å². The van der Waals surface area contributed by atoms with Crippen LogP contribution in [0.25, 0.3) is 0 Å². The molecule has 8 nitrogen and oxygen atoms in total. The smallest absolute Gasteiger partial charge is 0.243 e. The second-order valence-corrected chi connectivity index (χ2v) is 11.6. The number of sulfonamides is 1. The zero-order chi connectivity index (χ0) is 23.9. The molecule has 1 saturated heterocycles. The first-order valence-corrected chi connectivity index (χ1v) is 13.0. The number of hydrogen-bond donors (Lipinski definition) is 3. The van der Waals surface area contributed by atoms with Crippen LogP contribution in [0.2, 0.25) is 0 Å². The van der Waals surface area contributed by atoms with Crippen molar-refractivity contribution in [1.29, 1.82) is 0 Å². The molecule has 0 radical (unpaired) electrons. The quantitative estimate of drug-likeness (QED) is 0.417. The van der Waals surface area contributed by atoms with Gasteiger partial charge in [-0.15, -0.1) is 0 Å². The van der Waals surface area contributed by atoms with E-state index in [1.807, 2.05) is 0 Å². The Morgan fingerprint density at radius 1 is 1.30 bits per heavy atom. The van der Waals surface area contributed by atoms with Crippen LogP contribution in [0.5, 0.6) is 5.75 Å². The largest absolute Gasteiger partial charge is 0.490 e. The standard InChI is InChI=1S/C23H32FN3O5S/c1-22(2)20(28)25-21(29)27(22)12-4-3-5-13-33(30,31)26-23(10-11-23)17-8-9-18(24)19(14-17)32-15-16-6-7-16/h3-4,8-9,14,16,21,26,29H,5-7,10-13,15H2,1-2H3,(H,25,28)/b4-3+. The molecule has 1 aromatic carbocycles. The van der Waals surface area contributed by atoms with E-state index in [0.29, 0.717) is 31.9 Å². The molecule has 1 aliphatic heterocycles. The predicted molar refractivity (Wildman–Crippen MR) is 121 cm³/mol. The number of nitrogens with one attached hydrogen (secondary N) is 2. The first-order chi connectivity index (χ1) is 15.5. The average Bonchev–Trinajstić information content (AvgIpc) is 3.65. The maximum Gasteiger partial charge on any atom is 0.243 e. The fourth-order valence-corrected chi connectivity index (χ4v) is 5.46. The van der Waals surface area contributed by atoms with E-state index in [4.69, 9.17) is 4.74 Å². The van der Waals surface area contributed by atoms with Gasteiger partial charge in [0.2, 0.25) is 15.9 Å². The van der Waals surface area contributed by atoms with Crippen molar-refractivity contribution in [1.82, 2.24) is 14.9 Å². The third-order valence-electron chi connectivity index (χ3n) is 6.61. The molecule has 4 rings (SSSR count). The molecule has 0 spiro atoms. The van der Waals surface area contributed by atoms with Gasteiger partial charge < -0.3 is 15.2 Å². The molecule has 0 aromatic heterocycles. The maximum absolute atomic E-state index is 14.1. The van der Waals surface area contributed by atoms with Gasteiger partial charge in [-0.25, -0.2) is 22.4 Å². The van der Waals surface area contributed by atoms with Gasteiger partial charge in [-0.2, -0.15) is 0 Å². The summed E-state index contributed by atoms with van der Waals surface area (Å²) in [5, 5.41) is 12.4. The van der Waals surface area contributed by atoms with Crippen LogP contribution in [-0.4, -0.2) is 55.1 Å². The Balaban J connectivity index is 1.31. The first-order valence-electron chi connectivity index (χ1n) is 11.4. The molecule has 3 aliphatic rings. The van der Waals surface area contributed by atoms with Crippen molar-refractivity contribution < 1.29 is 27.4 Å². The Morgan fingerprint density at radius 2 is 2.03 bits per heavy atom. The van der Waals surface area contributed by atoms with Crippen LogP contribution in [0.1, 0.15) is 51.5 Å². The monoisotopic (exact) mass is 481 g/mol. The van der Waals surface area contributed by atoms with Crippen molar-refractivity contribution >= 4 is 15.9 Å². The van der Waals surface area contributed by atoms with E-state index in [2.05, 4.69) is 10.0 Å². The molecule has 10 heteroatoms. The van der Waals surface area contributed by atoms with Crippen molar-refractivity contribution in [3.05, 3.63) is 41.7 Å². The summed E-state index contributed by atoms with van der Waals surface area (Å²) < 4.78 is 47.9. The number of nitrogens with zero attached hydrogens (tertiary/aromatic N) is 1. The molecular weight excluding hydrogens is 449 g/mol. The SMILES string of the molecule is CC1(C)C(=O)NC(O)N1C/C=C/CCS(=O)(=O)NC1(c2ccc(F)c(OCC3CC3)c2)CC1. The molecule has 3 N–H and O–H groups in total. The molecule has 1 unspecified atom stereocenters. The molecule has 1 amide bonds. The van der Waals surface area contributed by atoms with Crippen LogP contribution < -0.4 is 14.8 Å². The zero-order valence-electron chi connectivity index (χ0n) is 19.0. The number of carbonyl (C=O) groups is 1. The molecule has 2 saturated carbocycles. The van der Waals surface area contributed by atoms with E-state index < -0.39 is 33.3 Å². The van der Waals surface area contributed by atoms with Crippen LogP contribution in [0, 0.1) is 11.7 Å². The highest BCUT2D eigenvalue weighted by atomic mass is 32.2. The number of aliphatic hydroxyl groups is 1. The van der Waals surface area contributed by atoms with Gasteiger partial charge in [-0.1, -0.05) is 18.2 Å². The number of aliphatic hydroxyl groups excluding tert-OH is 1. The fraction of sp³-hybridized carbons (Fsp3) is 0.609. The lowest BCUT2D eigenvalue weighted by Gasteiger charge is -2.28. The lowest BCUT2D eigenvalue weighted by atomic mass is 10.0. The van der Waals surface area contributed by atoms with Crippen molar-refractivity contribution in [2.24, 2.45) is 5.92 Å². The second-order valence-electron chi connectivity index (χ2n) is 9.72. The number of carbonyl (C=O) groups excluding carboxylic acids is 1. The van der Waals surface area contributed by atoms with Gasteiger partial charge in [0.1, 0.15) is 0 Å². The number of benzene rings is 1. The highest BCUT2D eigenvalue weighted by Crippen LogP contribution is 2.47. The summed E-state index contributed by atoms with van der Waals surface area (Å²) in [6, 6.07) is 4.57. The van der Waals surface area contributed by atoms with E-state index >= 15 is 0 Å². The minimum absolute atomic E-state index is 0.0966. The van der Waals surface area contributed by atoms with Gasteiger partial charge in [0, 0.05) is 6.54 Å². The Labute approximate surface area is 194 Å². The number of halogens is 1. The van der Waals surface area contributed by atoms with Gasteiger partial charge >= 0.3 is 0 Å². The van der Waals surface area contributed by atoms with Gasteiger partial charge in [0.15, 0.2) is 17.9 Å². The van der Waals surface area contributed by atoms with Crippen molar-refractivity contribution in [3.63, 3.8) is 0 Å². The molecule has 1 atom stereocenters. The van der Waals surface area contributed by atoms with Crippen molar-refractivity contribution in [2.75, 3.05) is 18.9 Å². The molecule has 2 aliphatic carbocycles. The highest BCUT2D eigenvalue weighted by Gasteiger charge is 2.47. The number of hydrogen-bond acceptors (Lipinski definition) is 6. The number of rotatable bonds is 11. The molecule has 3 fully saturated rings. The van der Waals surface area contributed by atoms with Crippen LogP contribution >= 0.6 is 0 Å². The van der Waals surface area contributed by atoms with Gasteiger partial charge in [0.25, 0.3) is 0 Å². The number of amides is 1. The third-order valence-corrected chi connectivity index (χ3v) is 8.08. The molecular formula is C23H32FN3O5S. The zero-order valence-corrected chi connectivity index (χ0v) is 19.8. The van der Waals surface area contributed by atoms with Crippen molar-refractivity contribution in [3.8, 4) is 5.75 Å². The molecule has 33 heavy (non-hydrogen) atoms. The molecule has 182 valence electrons. The summed E-state index contributed by atoms with van der Waals surface area (Å²) in [6.45, 7) is 4.23.